The van der Waals surface area contributed by atoms with Gasteiger partial charge in [0, 0.05) is 26.2 Å². The summed E-state index contributed by atoms with van der Waals surface area (Å²) < 4.78 is 0. The molecule has 0 aromatic carbocycles. The molecule has 1 heterocycles. The van der Waals surface area contributed by atoms with E-state index in [1.807, 2.05) is 18.7 Å². The van der Waals surface area contributed by atoms with Gasteiger partial charge in [-0.05, 0) is 25.7 Å². The van der Waals surface area contributed by atoms with Crippen LogP contribution in [0, 0.1) is 5.41 Å². The molecule has 0 spiro atoms. The van der Waals surface area contributed by atoms with Crippen molar-refractivity contribution in [1.82, 2.24) is 15.0 Å². The molecule has 7 nitrogen and oxygen atoms in total. The van der Waals surface area contributed by atoms with E-state index in [0.29, 0.717) is 24.9 Å². The summed E-state index contributed by atoms with van der Waals surface area (Å²) in [7, 11) is 0. The van der Waals surface area contributed by atoms with E-state index in [0.717, 1.165) is 13.1 Å². The number of nitrogens with zero attached hydrogens (tertiary/aromatic N) is 4. The van der Waals surface area contributed by atoms with Crippen LogP contribution in [0.3, 0.4) is 0 Å². The fourth-order valence-electron chi connectivity index (χ4n) is 1.82. The van der Waals surface area contributed by atoms with Gasteiger partial charge in [-0.15, -0.1) is 0 Å². The second kappa shape index (κ2) is 7.23. The van der Waals surface area contributed by atoms with Gasteiger partial charge in [0.15, 0.2) is 0 Å². The number of nitrogen functional groups attached to an aromatic ring is 1. The molecule has 0 aliphatic rings. The van der Waals surface area contributed by atoms with Crippen LogP contribution < -0.4 is 16.0 Å². The fourth-order valence-corrected chi connectivity index (χ4v) is 1.82. The molecular weight excluding hydrogens is 256 g/mol. The third-order valence-corrected chi connectivity index (χ3v) is 3.20. The minimum Gasteiger partial charge on any atom is -0.396 e. The molecular formula is C13H26N6O. The molecule has 1 rings (SSSR count). The standard InChI is InChI=1S/C13H26N6O/c1-5-19(6-2)12-17-10(14)16-11(18-12)15-9-13(3,4)7-8-20/h20H,5-9H2,1-4H3,(H3,14,15,16,17,18). The molecule has 0 saturated carbocycles. The Bertz CT molecular complexity index is 419. The van der Waals surface area contributed by atoms with Crippen molar-refractivity contribution in [3.05, 3.63) is 0 Å². The van der Waals surface area contributed by atoms with E-state index < -0.39 is 0 Å². The Kier molecular flexibility index (Phi) is 5.94. The van der Waals surface area contributed by atoms with Gasteiger partial charge in [-0.3, -0.25) is 0 Å². The number of anilines is 3. The summed E-state index contributed by atoms with van der Waals surface area (Å²) in [6.45, 7) is 10.7. The predicted octanol–water partition coefficient (Wildman–Crippen LogP) is 1.12. The number of nitrogens with one attached hydrogen (secondary N) is 1. The number of hydrogen-bond acceptors (Lipinski definition) is 7. The van der Waals surface area contributed by atoms with Gasteiger partial charge in [0.25, 0.3) is 0 Å². The molecule has 0 fully saturated rings. The molecule has 7 heteroatoms. The van der Waals surface area contributed by atoms with Crippen LogP contribution in [-0.4, -0.2) is 46.3 Å². The first-order valence-electron chi connectivity index (χ1n) is 7.03. The molecule has 0 unspecified atom stereocenters. The lowest BCUT2D eigenvalue weighted by Gasteiger charge is -2.24. The average Bonchev–Trinajstić information content (AvgIpc) is 2.37. The van der Waals surface area contributed by atoms with E-state index in [-0.39, 0.29) is 18.0 Å². The Hall–Kier alpha value is -1.63. The van der Waals surface area contributed by atoms with E-state index in [9.17, 15) is 0 Å². The minimum atomic E-state index is -0.0362. The number of aliphatic hydroxyl groups excluding tert-OH is 1. The Balaban J connectivity index is 2.80. The average molecular weight is 282 g/mol. The minimum absolute atomic E-state index is 0.0362. The van der Waals surface area contributed by atoms with Crippen molar-refractivity contribution in [1.29, 1.82) is 0 Å². The smallest absolute Gasteiger partial charge is 0.231 e. The SMILES string of the molecule is CCN(CC)c1nc(N)nc(NCC(C)(C)CCO)n1. The zero-order valence-corrected chi connectivity index (χ0v) is 12.8. The van der Waals surface area contributed by atoms with Crippen molar-refractivity contribution in [3.8, 4) is 0 Å². The molecule has 1 aromatic heterocycles. The zero-order chi connectivity index (χ0) is 15.2. The highest BCUT2D eigenvalue weighted by Crippen LogP contribution is 2.20. The Morgan fingerprint density at radius 1 is 1.20 bits per heavy atom. The maximum atomic E-state index is 9.03. The first kappa shape index (κ1) is 16.4. The summed E-state index contributed by atoms with van der Waals surface area (Å²) in [6, 6.07) is 0. The number of rotatable bonds is 8. The summed E-state index contributed by atoms with van der Waals surface area (Å²) in [5, 5.41) is 12.2. The normalized spacial score (nSPS) is 11.4. The number of aliphatic hydroxyl groups is 1. The van der Waals surface area contributed by atoms with Crippen LogP contribution in [-0.2, 0) is 0 Å². The molecule has 0 amide bonds. The highest BCUT2D eigenvalue weighted by molar-refractivity contribution is 5.41. The molecule has 1 aromatic rings. The van der Waals surface area contributed by atoms with Gasteiger partial charge < -0.3 is 21.1 Å². The van der Waals surface area contributed by atoms with Gasteiger partial charge in [-0.2, -0.15) is 15.0 Å². The van der Waals surface area contributed by atoms with Crippen LogP contribution in [0.2, 0.25) is 0 Å². The van der Waals surface area contributed by atoms with Crippen LogP contribution in [0.1, 0.15) is 34.1 Å². The van der Waals surface area contributed by atoms with Gasteiger partial charge in [-0.25, -0.2) is 0 Å². The van der Waals surface area contributed by atoms with Crippen molar-refractivity contribution >= 4 is 17.8 Å². The summed E-state index contributed by atoms with van der Waals surface area (Å²) in [4.78, 5) is 14.7. The molecule has 0 bridgehead atoms. The lowest BCUT2D eigenvalue weighted by molar-refractivity contribution is 0.220. The Morgan fingerprint density at radius 2 is 1.85 bits per heavy atom. The Morgan fingerprint density at radius 3 is 2.40 bits per heavy atom. The van der Waals surface area contributed by atoms with E-state index in [4.69, 9.17) is 10.8 Å². The highest BCUT2D eigenvalue weighted by Gasteiger charge is 2.18. The molecule has 114 valence electrons. The van der Waals surface area contributed by atoms with E-state index in [1.54, 1.807) is 0 Å². The fraction of sp³-hybridized carbons (Fsp3) is 0.769. The molecule has 0 radical (unpaired) electrons. The molecule has 0 aliphatic heterocycles. The molecule has 4 N–H and O–H groups in total. The zero-order valence-electron chi connectivity index (χ0n) is 12.8. The van der Waals surface area contributed by atoms with Gasteiger partial charge in [0.05, 0.1) is 0 Å². The van der Waals surface area contributed by atoms with Gasteiger partial charge in [0.2, 0.25) is 17.8 Å². The monoisotopic (exact) mass is 282 g/mol. The molecule has 0 saturated heterocycles. The van der Waals surface area contributed by atoms with Gasteiger partial charge in [-0.1, -0.05) is 13.8 Å². The van der Waals surface area contributed by atoms with Gasteiger partial charge >= 0.3 is 0 Å². The highest BCUT2D eigenvalue weighted by atomic mass is 16.3. The van der Waals surface area contributed by atoms with Crippen molar-refractivity contribution < 1.29 is 5.11 Å². The van der Waals surface area contributed by atoms with Crippen LogP contribution >= 0.6 is 0 Å². The largest absolute Gasteiger partial charge is 0.396 e. The van der Waals surface area contributed by atoms with Crippen LogP contribution in [0.15, 0.2) is 0 Å². The topological polar surface area (TPSA) is 100 Å². The lowest BCUT2D eigenvalue weighted by atomic mass is 9.90. The van der Waals surface area contributed by atoms with E-state index in [2.05, 4.69) is 34.1 Å². The van der Waals surface area contributed by atoms with Crippen LogP contribution in [0.5, 0.6) is 0 Å². The van der Waals surface area contributed by atoms with Crippen molar-refractivity contribution in [2.45, 2.75) is 34.1 Å². The quantitative estimate of drug-likeness (QED) is 0.657. The Labute approximate surface area is 120 Å². The van der Waals surface area contributed by atoms with Crippen molar-refractivity contribution in [2.24, 2.45) is 5.41 Å². The maximum Gasteiger partial charge on any atom is 0.231 e. The van der Waals surface area contributed by atoms with E-state index >= 15 is 0 Å². The van der Waals surface area contributed by atoms with Crippen molar-refractivity contribution in [3.63, 3.8) is 0 Å². The summed E-state index contributed by atoms with van der Waals surface area (Å²) in [5.74, 6) is 1.28. The first-order chi connectivity index (χ1) is 9.41. The third kappa shape index (κ3) is 4.80. The maximum absolute atomic E-state index is 9.03. The van der Waals surface area contributed by atoms with Gasteiger partial charge in [0.1, 0.15) is 0 Å². The first-order valence-corrected chi connectivity index (χ1v) is 7.03. The lowest BCUT2D eigenvalue weighted by Crippen LogP contribution is -2.27. The van der Waals surface area contributed by atoms with E-state index in [1.165, 1.54) is 0 Å². The second-order valence-corrected chi connectivity index (χ2v) is 5.48. The van der Waals surface area contributed by atoms with Crippen LogP contribution in [0.25, 0.3) is 0 Å². The summed E-state index contributed by atoms with van der Waals surface area (Å²) >= 11 is 0. The number of aromatic nitrogens is 3. The predicted molar refractivity (Wildman–Crippen MR) is 81.8 cm³/mol. The number of hydrogen-bond donors (Lipinski definition) is 3. The molecule has 20 heavy (non-hydrogen) atoms. The van der Waals surface area contributed by atoms with Crippen molar-refractivity contribution in [2.75, 3.05) is 42.2 Å². The third-order valence-electron chi connectivity index (χ3n) is 3.20. The summed E-state index contributed by atoms with van der Waals surface area (Å²) in [5.41, 5.74) is 5.70. The molecule has 0 aliphatic carbocycles. The molecule has 0 atom stereocenters. The second-order valence-electron chi connectivity index (χ2n) is 5.48. The summed E-state index contributed by atoms with van der Waals surface area (Å²) in [6.07, 6.45) is 0.712. The van der Waals surface area contributed by atoms with Crippen LogP contribution in [0.4, 0.5) is 17.8 Å². The number of nitrogens with two attached hydrogens (primary N) is 1.